The van der Waals surface area contributed by atoms with E-state index in [-0.39, 0.29) is 18.3 Å². The third kappa shape index (κ3) is 3.51. The highest BCUT2D eigenvalue weighted by Crippen LogP contribution is 2.44. The van der Waals surface area contributed by atoms with Crippen LogP contribution in [-0.2, 0) is 14.2 Å². The van der Waals surface area contributed by atoms with Gasteiger partial charge in [-0.3, -0.25) is 0 Å². The van der Waals surface area contributed by atoms with Crippen molar-refractivity contribution in [3.8, 4) is 5.75 Å². The predicted molar refractivity (Wildman–Crippen MR) is 126 cm³/mol. The minimum Gasteiger partial charge on any atom is -0.491 e. The second kappa shape index (κ2) is 7.79. The molecule has 176 valence electrons. The molecule has 2 fully saturated rings. The molecule has 1 aromatic carbocycles. The molecule has 34 heavy (non-hydrogen) atoms. The van der Waals surface area contributed by atoms with E-state index in [9.17, 15) is 0 Å². The standard InChI is InChI=1S/C24H26N6O4/c1-24(2)33-19-17(11-31-14-6-4-13-5-7-18(26-3)29-16(13)10-14)32-23(20(19)34-24)30-9-8-15-21(25)27-12-28-22(15)30/h4-10,12,17,19-20,23H,11H2,1-3H3,(H,26,29)(H2,25,27,28)/t17-,19-,20-,23?/m1/s1. The first kappa shape index (κ1) is 21.1. The van der Waals surface area contributed by atoms with E-state index in [0.717, 1.165) is 22.1 Å². The fourth-order valence-electron chi connectivity index (χ4n) is 4.72. The van der Waals surface area contributed by atoms with E-state index < -0.39 is 12.0 Å². The Labute approximate surface area is 196 Å². The van der Waals surface area contributed by atoms with E-state index >= 15 is 0 Å². The number of rotatable bonds is 5. The van der Waals surface area contributed by atoms with Crippen LogP contribution in [0.4, 0.5) is 11.6 Å². The molecule has 0 radical (unpaired) electrons. The number of nitrogen functional groups attached to an aromatic ring is 1. The third-order valence-electron chi connectivity index (χ3n) is 6.27. The summed E-state index contributed by atoms with van der Waals surface area (Å²) in [7, 11) is 1.85. The second-order valence-electron chi connectivity index (χ2n) is 8.96. The fourth-order valence-corrected chi connectivity index (χ4v) is 4.72. The lowest BCUT2D eigenvalue weighted by molar-refractivity contribution is -0.198. The van der Waals surface area contributed by atoms with E-state index in [1.165, 1.54) is 6.33 Å². The van der Waals surface area contributed by atoms with Crippen molar-refractivity contribution in [2.24, 2.45) is 0 Å². The van der Waals surface area contributed by atoms with E-state index in [2.05, 4.69) is 20.3 Å². The Kier molecular flexibility index (Phi) is 4.83. The van der Waals surface area contributed by atoms with Crippen LogP contribution in [0, 0.1) is 0 Å². The second-order valence-corrected chi connectivity index (χ2v) is 8.96. The number of hydrogen-bond acceptors (Lipinski definition) is 9. The van der Waals surface area contributed by atoms with E-state index in [1.54, 1.807) is 0 Å². The van der Waals surface area contributed by atoms with Crippen LogP contribution < -0.4 is 15.8 Å². The molecule has 0 amide bonds. The highest BCUT2D eigenvalue weighted by atomic mass is 16.8. The van der Waals surface area contributed by atoms with Crippen molar-refractivity contribution in [3.63, 3.8) is 0 Å². The number of nitrogens with zero attached hydrogens (tertiary/aromatic N) is 4. The Morgan fingerprint density at radius 2 is 1.94 bits per heavy atom. The molecule has 10 nitrogen and oxygen atoms in total. The number of hydrogen-bond donors (Lipinski definition) is 2. The molecule has 3 aromatic heterocycles. The Morgan fingerprint density at radius 1 is 1.12 bits per heavy atom. The average Bonchev–Trinajstić information content (AvgIpc) is 3.48. The quantitative estimate of drug-likeness (QED) is 0.461. The molecule has 0 bridgehead atoms. The normalized spacial score (nSPS) is 25.6. The van der Waals surface area contributed by atoms with Crippen LogP contribution >= 0.6 is 0 Å². The number of nitrogens with two attached hydrogens (primary N) is 1. The third-order valence-corrected chi connectivity index (χ3v) is 6.27. The van der Waals surface area contributed by atoms with Gasteiger partial charge in [-0.25, -0.2) is 15.0 Å². The number of nitrogens with one attached hydrogen (secondary N) is 1. The number of ether oxygens (including phenoxy) is 4. The number of fused-ring (bicyclic) bond motifs is 3. The van der Waals surface area contributed by atoms with Crippen molar-refractivity contribution < 1.29 is 18.9 Å². The van der Waals surface area contributed by atoms with Gasteiger partial charge in [0.05, 0.1) is 10.9 Å². The maximum absolute atomic E-state index is 6.42. The van der Waals surface area contributed by atoms with Gasteiger partial charge in [0.1, 0.15) is 54.3 Å². The molecule has 3 N–H and O–H groups in total. The molecule has 6 rings (SSSR count). The first-order chi connectivity index (χ1) is 16.4. The minimum absolute atomic E-state index is 0.296. The summed E-state index contributed by atoms with van der Waals surface area (Å²) in [5, 5.41) is 4.87. The van der Waals surface area contributed by atoms with E-state index in [0.29, 0.717) is 23.8 Å². The zero-order valence-corrected chi connectivity index (χ0v) is 19.1. The zero-order valence-electron chi connectivity index (χ0n) is 19.1. The predicted octanol–water partition coefficient (Wildman–Crippen LogP) is 3.10. The Balaban J connectivity index is 1.26. The van der Waals surface area contributed by atoms with Crippen molar-refractivity contribution in [2.45, 2.75) is 44.2 Å². The Hall–Kier alpha value is -3.47. The van der Waals surface area contributed by atoms with Gasteiger partial charge in [-0.2, -0.15) is 0 Å². The van der Waals surface area contributed by atoms with Crippen LogP contribution in [0.3, 0.4) is 0 Å². The summed E-state index contributed by atoms with van der Waals surface area (Å²) < 4.78 is 26.9. The van der Waals surface area contributed by atoms with Crippen LogP contribution in [0.2, 0.25) is 0 Å². The average molecular weight is 463 g/mol. The van der Waals surface area contributed by atoms with Gasteiger partial charge in [0.25, 0.3) is 0 Å². The topological polar surface area (TPSA) is 119 Å². The summed E-state index contributed by atoms with van der Waals surface area (Å²) in [6, 6.07) is 11.7. The molecule has 4 atom stereocenters. The smallest absolute Gasteiger partial charge is 0.164 e. The largest absolute Gasteiger partial charge is 0.491 e. The number of anilines is 2. The fraction of sp³-hybridized carbons (Fsp3) is 0.375. The molecular weight excluding hydrogens is 436 g/mol. The van der Waals surface area contributed by atoms with Crippen LogP contribution in [0.25, 0.3) is 21.9 Å². The van der Waals surface area contributed by atoms with Gasteiger partial charge in [0, 0.05) is 24.7 Å². The molecule has 2 aliphatic heterocycles. The first-order valence-electron chi connectivity index (χ1n) is 11.2. The van der Waals surface area contributed by atoms with E-state index in [4.69, 9.17) is 24.7 Å². The summed E-state index contributed by atoms with van der Waals surface area (Å²) in [6.07, 6.45) is 1.93. The maximum atomic E-state index is 6.42. The number of pyridine rings is 1. The molecule has 0 saturated carbocycles. The summed E-state index contributed by atoms with van der Waals surface area (Å²) >= 11 is 0. The SMILES string of the molecule is CNc1ccc2ccc(OC[C@H]3OC(n4ccc5c(N)ncnc54)[C@@H]4OC(C)(C)O[C@H]34)cc2n1. The molecule has 2 aliphatic rings. The molecule has 2 saturated heterocycles. The van der Waals surface area contributed by atoms with E-state index in [1.807, 2.05) is 68.1 Å². The lowest BCUT2D eigenvalue weighted by Crippen LogP contribution is -2.33. The first-order valence-corrected chi connectivity index (χ1v) is 11.2. The maximum Gasteiger partial charge on any atom is 0.164 e. The van der Waals surface area contributed by atoms with Crippen molar-refractivity contribution >= 4 is 33.6 Å². The highest BCUT2D eigenvalue weighted by molar-refractivity contribution is 5.86. The summed E-state index contributed by atoms with van der Waals surface area (Å²) in [5.41, 5.74) is 7.56. The van der Waals surface area contributed by atoms with Gasteiger partial charge in [0.15, 0.2) is 12.0 Å². The highest BCUT2D eigenvalue weighted by Gasteiger charge is 2.56. The van der Waals surface area contributed by atoms with Crippen LogP contribution in [0.1, 0.15) is 20.1 Å². The molecule has 0 aliphatic carbocycles. The summed E-state index contributed by atoms with van der Waals surface area (Å²) in [4.78, 5) is 13.1. The molecule has 10 heteroatoms. The minimum atomic E-state index is -0.733. The Bertz CT molecular complexity index is 1370. The van der Waals surface area contributed by atoms with Gasteiger partial charge in [-0.15, -0.1) is 0 Å². The van der Waals surface area contributed by atoms with Gasteiger partial charge in [-0.1, -0.05) is 0 Å². The van der Waals surface area contributed by atoms with Crippen molar-refractivity contribution in [1.82, 2.24) is 19.5 Å². The van der Waals surface area contributed by atoms with Gasteiger partial charge in [0.2, 0.25) is 0 Å². The van der Waals surface area contributed by atoms with Crippen LogP contribution in [-0.4, -0.2) is 57.3 Å². The van der Waals surface area contributed by atoms with Gasteiger partial charge >= 0.3 is 0 Å². The molecule has 4 aromatic rings. The molecule has 0 spiro atoms. The monoisotopic (exact) mass is 462 g/mol. The van der Waals surface area contributed by atoms with Crippen molar-refractivity contribution in [2.75, 3.05) is 24.7 Å². The van der Waals surface area contributed by atoms with Gasteiger partial charge in [-0.05, 0) is 44.2 Å². The molecule has 1 unspecified atom stereocenters. The van der Waals surface area contributed by atoms with Gasteiger partial charge < -0.3 is 34.6 Å². The van der Waals surface area contributed by atoms with Crippen molar-refractivity contribution in [1.29, 1.82) is 0 Å². The lowest BCUT2D eigenvalue weighted by atomic mass is 10.1. The summed E-state index contributed by atoms with van der Waals surface area (Å²) in [5.74, 6) is 1.20. The van der Waals surface area contributed by atoms with Crippen LogP contribution in [0.5, 0.6) is 5.75 Å². The lowest BCUT2D eigenvalue weighted by Gasteiger charge is -2.25. The number of aromatic nitrogens is 4. The number of benzene rings is 1. The summed E-state index contributed by atoms with van der Waals surface area (Å²) in [6.45, 7) is 4.11. The molecule has 5 heterocycles. The van der Waals surface area contributed by atoms with Crippen molar-refractivity contribution in [3.05, 3.63) is 48.9 Å². The Morgan fingerprint density at radius 3 is 2.79 bits per heavy atom. The zero-order chi connectivity index (χ0) is 23.4. The molecular formula is C24H26N6O4. The van der Waals surface area contributed by atoms with Crippen LogP contribution in [0.15, 0.2) is 48.9 Å².